The van der Waals surface area contributed by atoms with Crippen molar-refractivity contribution in [2.75, 3.05) is 25.1 Å². The van der Waals surface area contributed by atoms with Gasteiger partial charge in [0, 0.05) is 25.8 Å². The molecule has 1 aliphatic rings. The van der Waals surface area contributed by atoms with Gasteiger partial charge in [-0.2, -0.15) is 0 Å². The lowest BCUT2D eigenvalue weighted by Crippen LogP contribution is -2.24. The molecular weight excluding hydrogens is 459 g/mol. The number of nitrogens with zero attached hydrogens (tertiary/aromatic N) is 2. The summed E-state index contributed by atoms with van der Waals surface area (Å²) in [6, 6.07) is 19.1. The van der Waals surface area contributed by atoms with Crippen LogP contribution in [0.15, 0.2) is 71.7 Å². The van der Waals surface area contributed by atoms with Crippen molar-refractivity contribution in [3.05, 3.63) is 94.0 Å². The van der Waals surface area contributed by atoms with Gasteiger partial charge in [0.05, 0.1) is 18.0 Å². The van der Waals surface area contributed by atoms with Gasteiger partial charge in [-0.15, -0.1) is 0 Å². The first-order chi connectivity index (χ1) is 17.4. The van der Waals surface area contributed by atoms with E-state index in [0.29, 0.717) is 30.2 Å². The molecule has 0 saturated carbocycles. The molecule has 5 rings (SSSR count). The highest BCUT2D eigenvalue weighted by Crippen LogP contribution is 2.40. The van der Waals surface area contributed by atoms with Crippen LogP contribution < -0.4 is 15.1 Å². The fourth-order valence-electron chi connectivity index (χ4n) is 5.02. The smallest absolute Gasteiger partial charge is 0.341 e. The summed E-state index contributed by atoms with van der Waals surface area (Å²) in [4.78, 5) is 26.9. The molecule has 7 heteroatoms. The van der Waals surface area contributed by atoms with Crippen molar-refractivity contribution >= 4 is 22.6 Å². The van der Waals surface area contributed by atoms with Gasteiger partial charge in [-0.3, -0.25) is 4.79 Å². The molecule has 1 fully saturated rings. The Labute approximate surface area is 208 Å². The number of pyridine rings is 1. The molecule has 1 unspecified atom stereocenters. The number of fused-ring (bicyclic) bond motifs is 1. The number of aromatic nitrogens is 1. The van der Waals surface area contributed by atoms with Crippen LogP contribution in [0, 0.1) is 11.7 Å². The number of methoxy groups -OCH3 is 1. The van der Waals surface area contributed by atoms with Gasteiger partial charge in [0.1, 0.15) is 11.3 Å². The lowest BCUT2D eigenvalue weighted by molar-refractivity contribution is 0.0695. The number of aromatic carboxylic acids is 1. The largest absolute Gasteiger partial charge is 0.492 e. The fourth-order valence-corrected chi connectivity index (χ4v) is 5.02. The number of anilines is 1. The predicted octanol–water partition coefficient (Wildman–Crippen LogP) is 5.41. The predicted molar refractivity (Wildman–Crippen MR) is 139 cm³/mol. The molecule has 1 aliphatic heterocycles. The summed E-state index contributed by atoms with van der Waals surface area (Å²) in [5.74, 6) is -1.29. The minimum Gasteiger partial charge on any atom is -0.492 e. The molecule has 0 bridgehead atoms. The first kappa shape index (κ1) is 23.6. The van der Waals surface area contributed by atoms with E-state index < -0.39 is 22.8 Å². The van der Waals surface area contributed by atoms with E-state index in [2.05, 4.69) is 6.92 Å². The molecule has 0 radical (unpaired) electrons. The number of rotatable bonds is 6. The Morgan fingerprint density at radius 1 is 1.11 bits per heavy atom. The van der Waals surface area contributed by atoms with Crippen LogP contribution in [0.1, 0.15) is 29.3 Å². The molecule has 184 valence electrons. The highest BCUT2D eigenvalue weighted by molar-refractivity contribution is 5.97. The number of carboxylic acid groups (broad SMARTS) is 1. The van der Waals surface area contributed by atoms with E-state index in [4.69, 9.17) is 4.74 Å². The second kappa shape index (κ2) is 9.49. The second-order valence-electron chi connectivity index (χ2n) is 9.34. The summed E-state index contributed by atoms with van der Waals surface area (Å²) < 4.78 is 22.8. The molecule has 1 aromatic heterocycles. The van der Waals surface area contributed by atoms with E-state index >= 15 is 4.39 Å². The third kappa shape index (κ3) is 4.21. The summed E-state index contributed by atoms with van der Waals surface area (Å²) >= 11 is 0. The van der Waals surface area contributed by atoms with E-state index in [1.165, 1.54) is 13.3 Å². The zero-order chi connectivity index (χ0) is 25.4. The van der Waals surface area contributed by atoms with Gasteiger partial charge in [-0.1, -0.05) is 61.5 Å². The standard InChI is InChI=1S/C29H27FN2O4/c1-18-12-13-31(15-18)26-24(30)14-22-25(28(26)36-2)32(17-23(27(22)33)29(34)35)16-19-8-10-21(11-9-19)20-6-4-3-5-7-20/h3-11,14,17-18H,12-13,15-16H2,1-2H3,(H,34,35). The van der Waals surface area contributed by atoms with Gasteiger partial charge in [-0.25, -0.2) is 9.18 Å². The highest BCUT2D eigenvalue weighted by Gasteiger charge is 2.29. The number of hydrogen-bond donors (Lipinski definition) is 1. The Kier molecular flexibility index (Phi) is 6.22. The van der Waals surface area contributed by atoms with Crippen LogP contribution in [-0.4, -0.2) is 35.8 Å². The zero-order valence-electron chi connectivity index (χ0n) is 20.2. The maximum atomic E-state index is 15.4. The van der Waals surface area contributed by atoms with Crippen molar-refractivity contribution in [2.45, 2.75) is 19.9 Å². The first-order valence-corrected chi connectivity index (χ1v) is 11.9. The van der Waals surface area contributed by atoms with E-state index in [-0.39, 0.29) is 17.7 Å². The molecule has 1 N–H and O–H groups in total. The average molecular weight is 487 g/mol. The normalized spacial score (nSPS) is 15.4. The maximum absolute atomic E-state index is 15.4. The lowest BCUT2D eigenvalue weighted by Gasteiger charge is -2.24. The maximum Gasteiger partial charge on any atom is 0.341 e. The molecule has 0 amide bonds. The van der Waals surface area contributed by atoms with Gasteiger partial charge in [0.25, 0.3) is 0 Å². The van der Waals surface area contributed by atoms with E-state index in [1.54, 1.807) is 4.57 Å². The van der Waals surface area contributed by atoms with Crippen molar-refractivity contribution in [1.29, 1.82) is 0 Å². The van der Waals surface area contributed by atoms with Crippen LogP contribution in [0.3, 0.4) is 0 Å². The molecule has 0 spiro atoms. The lowest BCUT2D eigenvalue weighted by atomic mass is 10.0. The quantitative estimate of drug-likeness (QED) is 0.395. The minimum atomic E-state index is -1.35. The molecule has 4 aromatic rings. The topological polar surface area (TPSA) is 71.8 Å². The third-order valence-electron chi connectivity index (χ3n) is 6.83. The number of carboxylic acids is 1. The van der Waals surface area contributed by atoms with Gasteiger partial charge >= 0.3 is 5.97 Å². The molecule has 2 heterocycles. The Morgan fingerprint density at radius 3 is 2.42 bits per heavy atom. The average Bonchev–Trinajstić information content (AvgIpc) is 3.31. The molecule has 6 nitrogen and oxygen atoms in total. The molecule has 36 heavy (non-hydrogen) atoms. The van der Waals surface area contributed by atoms with Crippen LogP contribution in [-0.2, 0) is 6.54 Å². The van der Waals surface area contributed by atoms with Crippen molar-refractivity contribution < 1.29 is 19.0 Å². The van der Waals surface area contributed by atoms with Crippen molar-refractivity contribution in [3.8, 4) is 16.9 Å². The Hall–Kier alpha value is -4.13. The van der Waals surface area contributed by atoms with Crippen LogP contribution in [0.4, 0.5) is 10.1 Å². The molecule has 3 aromatic carbocycles. The molecule has 1 saturated heterocycles. The summed E-state index contributed by atoms with van der Waals surface area (Å²) in [6.45, 7) is 3.75. The third-order valence-corrected chi connectivity index (χ3v) is 6.83. The van der Waals surface area contributed by atoms with Gasteiger partial charge in [-0.05, 0) is 35.1 Å². The highest BCUT2D eigenvalue weighted by atomic mass is 19.1. The number of halogens is 1. The summed E-state index contributed by atoms with van der Waals surface area (Å²) in [6.07, 6.45) is 2.26. The van der Waals surface area contributed by atoms with Gasteiger partial charge in [0.15, 0.2) is 11.6 Å². The van der Waals surface area contributed by atoms with Crippen molar-refractivity contribution in [3.63, 3.8) is 0 Å². The Morgan fingerprint density at radius 2 is 1.81 bits per heavy atom. The Bertz CT molecular complexity index is 1500. The summed E-state index contributed by atoms with van der Waals surface area (Å²) in [5, 5.41) is 9.67. The SMILES string of the molecule is COc1c(N2CCC(C)C2)c(F)cc2c(=O)c(C(=O)O)cn(Cc3ccc(-c4ccccc4)cc3)c12. The second-order valence-corrected chi connectivity index (χ2v) is 9.34. The molecule has 1 atom stereocenters. The zero-order valence-corrected chi connectivity index (χ0v) is 20.2. The van der Waals surface area contributed by atoms with Crippen LogP contribution in [0.25, 0.3) is 22.0 Å². The minimum absolute atomic E-state index is 0.0128. The van der Waals surface area contributed by atoms with Crippen LogP contribution >= 0.6 is 0 Å². The first-order valence-electron chi connectivity index (χ1n) is 11.9. The monoisotopic (exact) mass is 486 g/mol. The van der Waals surface area contributed by atoms with Gasteiger partial charge in [0.2, 0.25) is 5.43 Å². The van der Waals surface area contributed by atoms with E-state index in [1.807, 2.05) is 59.5 Å². The van der Waals surface area contributed by atoms with Crippen molar-refractivity contribution in [2.24, 2.45) is 5.92 Å². The summed E-state index contributed by atoms with van der Waals surface area (Å²) in [5.41, 5.74) is 2.60. The number of carbonyl (C=O) groups is 1. The van der Waals surface area contributed by atoms with E-state index in [0.717, 1.165) is 29.2 Å². The molecular formula is C29H27FN2O4. The van der Waals surface area contributed by atoms with Gasteiger partial charge < -0.3 is 19.3 Å². The van der Waals surface area contributed by atoms with Crippen LogP contribution in [0.5, 0.6) is 5.75 Å². The molecule has 0 aliphatic carbocycles. The summed E-state index contributed by atoms with van der Waals surface area (Å²) in [7, 11) is 1.45. The number of hydrogen-bond acceptors (Lipinski definition) is 4. The fraction of sp³-hybridized carbons (Fsp3) is 0.241. The Balaban J connectivity index is 1.67. The number of benzene rings is 3. The van der Waals surface area contributed by atoms with E-state index in [9.17, 15) is 14.7 Å². The van der Waals surface area contributed by atoms with Crippen LogP contribution in [0.2, 0.25) is 0 Å². The number of ether oxygens (including phenoxy) is 1. The van der Waals surface area contributed by atoms with Crippen molar-refractivity contribution in [1.82, 2.24) is 4.57 Å².